The summed E-state index contributed by atoms with van der Waals surface area (Å²) in [5.74, 6) is -0.273. The van der Waals surface area contributed by atoms with Gasteiger partial charge in [0.1, 0.15) is 5.78 Å². The van der Waals surface area contributed by atoms with Gasteiger partial charge in [0.2, 0.25) is 0 Å². The van der Waals surface area contributed by atoms with Gasteiger partial charge in [-0.25, -0.2) is 0 Å². The molecule has 0 aromatic carbocycles. The van der Waals surface area contributed by atoms with E-state index in [1.54, 1.807) is 0 Å². The summed E-state index contributed by atoms with van der Waals surface area (Å²) in [6.45, 7) is 2.05. The maximum atomic E-state index is 11.2. The topological polar surface area (TPSA) is 72.5 Å². The molecule has 0 aliphatic heterocycles. The van der Waals surface area contributed by atoms with Crippen molar-refractivity contribution in [1.29, 1.82) is 0 Å². The highest BCUT2D eigenvalue weighted by atomic mass is 32.2. The van der Waals surface area contributed by atoms with Crippen molar-refractivity contribution in [1.82, 2.24) is 5.48 Å². The van der Waals surface area contributed by atoms with Crippen LogP contribution in [0.2, 0.25) is 0 Å². The lowest BCUT2D eigenvalue weighted by Gasteiger charge is -2.02. The molecule has 1 N–H and O–H groups in total. The third-order valence-corrected chi connectivity index (χ3v) is 3.03. The molecular formula is C9H19NO4S. The highest BCUT2D eigenvalue weighted by molar-refractivity contribution is 7.86. The summed E-state index contributed by atoms with van der Waals surface area (Å²) >= 11 is 0. The minimum absolute atomic E-state index is 0.0215. The zero-order valence-electron chi connectivity index (χ0n) is 9.28. The molecule has 6 heteroatoms. The van der Waals surface area contributed by atoms with Crippen molar-refractivity contribution < 1.29 is 17.5 Å². The van der Waals surface area contributed by atoms with Crippen LogP contribution >= 0.6 is 0 Å². The van der Waals surface area contributed by atoms with E-state index in [2.05, 4.69) is 16.7 Å². The van der Waals surface area contributed by atoms with Crippen molar-refractivity contribution in [3.63, 3.8) is 0 Å². The Morgan fingerprint density at radius 3 is 2.47 bits per heavy atom. The predicted molar refractivity (Wildman–Crippen MR) is 57.7 cm³/mol. The molecule has 0 atom stereocenters. The van der Waals surface area contributed by atoms with Crippen LogP contribution in [0.1, 0.15) is 39.0 Å². The summed E-state index contributed by atoms with van der Waals surface area (Å²) in [5.41, 5.74) is 2.08. The van der Waals surface area contributed by atoms with Gasteiger partial charge in [-0.2, -0.15) is 18.2 Å². The van der Waals surface area contributed by atoms with E-state index >= 15 is 0 Å². The molecule has 90 valence electrons. The van der Waals surface area contributed by atoms with E-state index < -0.39 is 10.1 Å². The molecule has 0 aromatic rings. The molecule has 0 rings (SSSR count). The van der Waals surface area contributed by atoms with Crippen molar-refractivity contribution in [3.05, 3.63) is 0 Å². The number of hydroxylamine groups is 1. The summed E-state index contributed by atoms with van der Waals surface area (Å²) in [5, 5.41) is 0. The predicted octanol–water partition coefficient (Wildman–Crippen LogP) is 1.01. The van der Waals surface area contributed by atoms with E-state index in [0.717, 1.165) is 19.3 Å². The Bertz CT molecular complexity index is 274. The molecule has 0 spiro atoms. The molecule has 0 saturated carbocycles. The smallest absolute Gasteiger partial charge is 0.283 e. The van der Waals surface area contributed by atoms with Gasteiger partial charge in [-0.05, 0) is 6.42 Å². The number of unbranched alkanes of at least 4 members (excludes halogenated alkanes) is 2. The van der Waals surface area contributed by atoms with E-state index in [0.29, 0.717) is 6.42 Å². The molecule has 0 heterocycles. The highest BCUT2D eigenvalue weighted by Crippen LogP contribution is 2.03. The van der Waals surface area contributed by atoms with Crippen molar-refractivity contribution in [3.8, 4) is 0 Å². The summed E-state index contributed by atoms with van der Waals surface area (Å²) in [6, 6.07) is 0. The molecule has 0 saturated heterocycles. The maximum Gasteiger partial charge on any atom is 0.283 e. The first kappa shape index (κ1) is 14.5. The Balaban J connectivity index is 3.71. The molecule has 0 fully saturated rings. The minimum atomic E-state index is -3.59. The lowest BCUT2D eigenvalue weighted by Crippen LogP contribution is -2.20. The van der Waals surface area contributed by atoms with Crippen molar-refractivity contribution in [2.24, 2.45) is 0 Å². The first-order valence-electron chi connectivity index (χ1n) is 5.11. The van der Waals surface area contributed by atoms with Crippen molar-refractivity contribution in [2.45, 2.75) is 39.0 Å². The Morgan fingerprint density at radius 1 is 1.27 bits per heavy atom. The quantitative estimate of drug-likeness (QED) is 0.478. The van der Waals surface area contributed by atoms with Gasteiger partial charge in [0, 0.05) is 19.9 Å². The third kappa shape index (κ3) is 8.53. The molecule has 0 aromatic heterocycles. The lowest BCUT2D eigenvalue weighted by atomic mass is 10.1. The summed E-state index contributed by atoms with van der Waals surface area (Å²) < 4.78 is 26.3. The second-order valence-corrected chi connectivity index (χ2v) is 4.99. The van der Waals surface area contributed by atoms with Crippen LogP contribution in [-0.4, -0.2) is 27.0 Å². The number of carbonyl (C=O) groups is 1. The van der Waals surface area contributed by atoms with Crippen LogP contribution in [-0.2, 0) is 19.2 Å². The van der Waals surface area contributed by atoms with Crippen LogP contribution in [0.15, 0.2) is 0 Å². The van der Waals surface area contributed by atoms with Crippen LogP contribution in [0.4, 0.5) is 0 Å². The zero-order valence-corrected chi connectivity index (χ0v) is 10.1. The van der Waals surface area contributed by atoms with Crippen LogP contribution in [0.3, 0.4) is 0 Å². The van der Waals surface area contributed by atoms with Gasteiger partial charge >= 0.3 is 0 Å². The van der Waals surface area contributed by atoms with Crippen LogP contribution in [0.5, 0.6) is 0 Å². The molecule has 0 unspecified atom stereocenters. The Hall–Kier alpha value is -0.460. The van der Waals surface area contributed by atoms with Gasteiger partial charge in [0.05, 0.1) is 5.75 Å². The lowest BCUT2D eigenvalue weighted by molar-refractivity contribution is -0.118. The van der Waals surface area contributed by atoms with Crippen molar-refractivity contribution in [2.75, 3.05) is 12.8 Å². The Kier molecular flexibility index (Phi) is 7.54. The molecule has 15 heavy (non-hydrogen) atoms. The summed E-state index contributed by atoms with van der Waals surface area (Å²) in [6.07, 6.45) is 3.39. The number of ketones is 1. The Morgan fingerprint density at radius 2 is 1.93 bits per heavy atom. The van der Waals surface area contributed by atoms with Crippen molar-refractivity contribution >= 4 is 15.9 Å². The first-order valence-corrected chi connectivity index (χ1v) is 6.69. The monoisotopic (exact) mass is 237 g/mol. The summed E-state index contributed by atoms with van der Waals surface area (Å²) in [4.78, 5) is 11.2. The summed E-state index contributed by atoms with van der Waals surface area (Å²) in [7, 11) is -2.23. The fourth-order valence-corrected chi connectivity index (χ4v) is 1.92. The number of hydrogen-bond donors (Lipinski definition) is 1. The van der Waals surface area contributed by atoms with Crippen LogP contribution in [0.25, 0.3) is 0 Å². The highest BCUT2D eigenvalue weighted by Gasteiger charge is 2.13. The number of carbonyl (C=O) groups excluding carboxylic acids is 1. The number of hydrogen-bond acceptors (Lipinski definition) is 5. The van der Waals surface area contributed by atoms with E-state index in [4.69, 9.17) is 0 Å². The molecule has 0 aliphatic carbocycles. The van der Waals surface area contributed by atoms with Gasteiger partial charge < -0.3 is 0 Å². The van der Waals surface area contributed by atoms with Crippen LogP contribution in [0, 0.1) is 0 Å². The van der Waals surface area contributed by atoms with Gasteiger partial charge in [-0.3, -0.25) is 4.79 Å². The Labute approximate surface area is 91.3 Å². The van der Waals surface area contributed by atoms with E-state index in [1.807, 2.05) is 0 Å². The molecule has 0 aliphatic rings. The van der Waals surface area contributed by atoms with Crippen LogP contribution < -0.4 is 5.48 Å². The molecule has 0 radical (unpaired) electrons. The molecule has 5 nitrogen and oxygen atoms in total. The van der Waals surface area contributed by atoms with E-state index in [-0.39, 0.29) is 18.0 Å². The second kappa shape index (κ2) is 7.78. The first-order chi connectivity index (χ1) is 7.02. The average molecular weight is 237 g/mol. The SMILES string of the molecule is CCCCCC(=O)CCS(=O)(=O)ONC. The third-order valence-electron chi connectivity index (χ3n) is 1.90. The average Bonchev–Trinajstić information content (AvgIpc) is 2.15. The fraction of sp³-hybridized carbons (Fsp3) is 0.889. The maximum absolute atomic E-state index is 11.2. The van der Waals surface area contributed by atoms with Gasteiger partial charge in [0.25, 0.3) is 10.1 Å². The number of nitrogens with one attached hydrogen (secondary N) is 1. The largest absolute Gasteiger partial charge is 0.300 e. The number of rotatable bonds is 9. The minimum Gasteiger partial charge on any atom is -0.300 e. The molecule has 0 amide bonds. The fourth-order valence-electron chi connectivity index (χ4n) is 1.10. The van der Waals surface area contributed by atoms with Gasteiger partial charge in [-0.15, -0.1) is 0 Å². The standard InChI is InChI=1S/C9H19NO4S/c1-3-4-5-6-9(11)7-8-15(12,13)14-10-2/h10H,3-8H2,1-2H3. The van der Waals surface area contributed by atoms with Gasteiger partial charge in [0.15, 0.2) is 0 Å². The van der Waals surface area contributed by atoms with E-state index in [9.17, 15) is 13.2 Å². The second-order valence-electron chi connectivity index (χ2n) is 3.30. The molecular weight excluding hydrogens is 218 g/mol. The van der Waals surface area contributed by atoms with E-state index in [1.165, 1.54) is 7.05 Å². The molecule has 0 bridgehead atoms. The van der Waals surface area contributed by atoms with Gasteiger partial charge in [-0.1, -0.05) is 19.8 Å². The number of Topliss-reactive ketones (excluding diaryl/α,β-unsaturated/α-hetero) is 1. The zero-order chi connectivity index (χ0) is 11.7. The normalized spacial score (nSPS) is 11.6.